The van der Waals surface area contributed by atoms with Gasteiger partial charge in [-0.25, -0.2) is 0 Å². The van der Waals surface area contributed by atoms with E-state index < -0.39 is 0 Å². The summed E-state index contributed by atoms with van der Waals surface area (Å²) in [5.41, 5.74) is 7.15. The standard InChI is InChI=1S/C16H23N3O2.2ClH/c17-14-6-7-19(11-14)16(20)15-12-18(8-9-21-15)10-13-4-2-1-3-5-13;;/h1-5,14-15H,6-12,17H2;2*1H/t14-,15?;;/m1../s1. The molecule has 2 saturated heterocycles. The van der Waals surface area contributed by atoms with Crippen LogP contribution in [0, 0.1) is 0 Å². The fraction of sp³-hybridized carbons (Fsp3) is 0.562. The maximum absolute atomic E-state index is 12.5. The second kappa shape index (κ2) is 9.45. The van der Waals surface area contributed by atoms with E-state index in [9.17, 15) is 4.79 Å². The number of hydrogen-bond donors (Lipinski definition) is 1. The Balaban J connectivity index is 0.00000132. The summed E-state index contributed by atoms with van der Waals surface area (Å²) in [4.78, 5) is 16.6. The molecule has 0 spiro atoms. The van der Waals surface area contributed by atoms with Crippen molar-refractivity contribution >= 4 is 30.7 Å². The second-order valence-electron chi connectivity index (χ2n) is 5.91. The van der Waals surface area contributed by atoms with Crippen molar-refractivity contribution in [1.82, 2.24) is 9.80 Å². The molecule has 2 N–H and O–H groups in total. The highest BCUT2D eigenvalue weighted by Crippen LogP contribution is 2.15. The van der Waals surface area contributed by atoms with Crippen LogP contribution in [0.1, 0.15) is 12.0 Å². The second-order valence-corrected chi connectivity index (χ2v) is 5.91. The molecule has 7 heteroatoms. The summed E-state index contributed by atoms with van der Waals surface area (Å²) >= 11 is 0. The fourth-order valence-electron chi connectivity index (χ4n) is 3.03. The lowest BCUT2D eigenvalue weighted by Crippen LogP contribution is -2.50. The van der Waals surface area contributed by atoms with Gasteiger partial charge in [0.1, 0.15) is 6.10 Å². The van der Waals surface area contributed by atoms with Gasteiger partial charge in [-0.15, -0.1) is 24.8 Å². The van der Waals surface area contributed by atoms with Crippen molar-refractivity contribution in [2.75, 3.05) is 32.8 Å². The number of amides is 1. The molecule has 130 valence electrons. The van der Waals surface area contributed by atoms with Gasteiger partial charge in [0.2, 0.25) is 0 Å². The Morgan fingerprint density at radius 1 is 1.17 bits per heavy atom. The molecule has 0 saturated carbocycles. The fourth-order valence-corrected chi connectivity index (χ4v) is 3.03. The molecule has 2 aliphatic rings. The molecule has 0 bridgehead atoms. The first-order valence-corrected chi connectivity index (χ1v) is 7.64. The maximum Gasteiger partial charge on any atom is 0.253 e. The highest BCUT2D eigenvalue weighted by molar-refractivity contribution is 5.85. The molecule has 2 fully saturated rings. The van der Waals surface area contributed by atoms with Gasteiger partial charge in [-0.2, -0.15) is 0 Å². The van der Waals surface area contributed by atoms with Gasteiger partial charge in [0.25, 0.3) is 5.91 Å². The molecule has 2 aliphatic heterocycles. The van der Waals surface area contributed by atoms with Crippen LogP contribution >= 0.6 is 24.8 Å². The van der Waals surface area contributed by atoms with E-state index >= 15 is 0 Å². The summed E-state index contributed by atoms with van der Waals surface area (Å²) < 4.78 is 5.68. The molecular weight excluding hydrogens is 337 g/mol. The van der Waals surface area contributed by atoms with E-state index in [1.807, 2.05) is 23.1 Å². The molecule has 0 aromatic heterocycles. The topological polar surface area (TPSA) is 58.8 Å². The van der Waals surface area contributed by atoms with Crippen LogP contribution in [0.4, 0.5) is 0 Å². The van der Waals surface area contributed by atoms with Crippen LogP contribution in [-0.4, -0.2) is 60.6 Å². The molecule has 0 aliphatic carbocycles. The molecule has 2 heterocycles. The molecule has 1 amide bonds. The van der Waals surface area contributed by atoms with E-state index in [0.717, 1.165) is 26.1 Å². The van der Waals surface area contributed by atoms with Gasteiger partial charge in [-0.05, 0) is 12.0 Å². The number of ether oxygens (including phenoxy) is 1. The molecule has 1 aromatic carbocycles. The normalized spacial score (nSPS) is 24.7. The number of nitrogens with zero attached hydrogens (tertiary/aromatic N) is 2. The van der Waals surface area contributed by atoms with Crippen molar-refractivity contribution < 1.29 is 9.53 Å². The largest absolute Gasteiger partial charge is 0.366 e. The van der Waals surface area contributed by atoms with Gasteiger partial charge < -0.3 is 15.4 Å². The van der Waals surface area contributed by atoms with Crippen molar-refractivity contribution in [3.05, 3.63) is 35.9 Å². The number of morpholine rings is 1. The quantitative estimate of drug-likeness (QED) is 0.881. The zero-order valence-electron chi connectivity index (χ0n) is 13.1. The highest BCUT2D eigenvalue weighted by Gasteiger charge is 2.33. The molecule has 1 aromatic rings. The predicted molar refractivity (Wildman–Crippen MR) is 95.1 cm³/mol. The first kappa shape index (κ1) is 20.2. The van der Waals surface area contributed by atoms with Crippen molar-refractivity contribution in [2.24, 2.45) is 5.73 Å². The first-order chi connectivity index (χ1) is 10.2. The lowest BCUT2D eigenvalue weighted by molar-refractivity contribution is -0.148. The van der Waals surface area contributed by atoms with E-state index in [2.05, 4.69) is 17.0 Å². The highest BCUT2D eigenvalue weighted by atomic mass is 35.5. The van der Waals surface area contributed by atoms with Gasteiger partial charge in [0, 0.05) is 38.8 Å². The zero-order chi connectivity index (χ0) is 14.7. The number of carbonyl (C=O) groups is 1. The van der Waals surface area contributed by atoms with Gasteiger partial charge in [-0.3, -0.25) is 9.69 Å². The van der Waals surface area contributed by atoms with Crippen molar-refractivity contribution in [1.29, 1.82) is 0 Å². The summed E-state index contributed by atoms with van der Waals surface area (Å²) in [5.74, 6) is 0.0979. The van der Waals surface area contributed by atoms with Gasteiger partial charge in [0.15, 0.2) is 0 Å². The minimum atomic E-state index is -0.340. The first-order valence-electron chi connectivity index (χ1n) is 7.64. The van der Waals surface area contributed by atoms with E-state index in [4.69, 9.17) is 10.5 Å². The lowest BCUT2D eigenvalue weighted by atomic mass is 10.2. The number of halogens is 2. The van der Waals surface area contributed by atoms with Gasteiger partial charge in [0.05, 0.1) is 6.61 Å². The average molecular weight is 362 g/mol. The third-order valence-electron chi connectivity index (χ3n) is 4.21. The number of rotatable bonds is 3. The third-order valence-corrected chi connectivity index (χ3v) is 4.21. The Kier molecular flexibility index (Phi) is 8.29. The predicted octanol–water partition coefficient (Wildman–Crippen LogP) is 1.29. The number of benzene rings is 1. The molecule has 3 rings (SSSR count). The SMILES string of the molecule is Cl.Cl.N[C@@H]1CCN(C(=O)C2CN(Cc3ccccc3)CCO2)C1. The van der Waals surface area contributed by atoms with Crippen LogP contribution in [0.3, 0.4) is 0 Å². The molecule has 0 radical (unpaired) electrons. The van der Waals surface area contributed by atoms with Gasteiger partial charge >= 0.3 is 0 Å². The Morgan fingerprint density at radius 2 is 1.91 bits per heavy atom. The summed E-state index contributed by atoms with van der Waals surface area (Å²) in [7, 11) is 0. The van der Waals surface area contributed by atoms with Crippen molar-refractivity contribution in [3.63, 3.8) is 0 Å². The monoisotopic (exact) mass is 361 g/mol. The van der Waals surface area contributed by atoms with Crippen LogP contribution in [0.5, 0.6) is 0 Å². The van der Waals surface area contributed by atoms with Crippen molar-refractivity contribution in [3.8, 4) is 0 Å². The average Bonchev–Trinajstić information content (AvgIpc) is 2.94. The minimum Gasteiger partial charge on any atom is -0.366 e. The van der Waals surface area contributed by atoms with Crippen LogP contribution < -0.4 is 5.73 Å². The summed E-state index contributed by atoms with van der Waals surface area (Å²) in [6.45, 7) is 4.45. The van der Waals surface area contributed by atoms with Gasteiger partial charge in [-0.1, -0.05) is 30.3 Å². The number of hydrogen-bond acceptors (Lipinski definition) is 4. The number of likely N-dealkylation sites (tertiary alicyclic amines) is 1. The summed E-state index contributed by atoms with van der Waals surface area (Å²) in [6.07, 6.45) is 0.555. The Hall–Kier alpha value is -0.850. The number of carbonyl (C=O) groups excluding carboxylic acids is 1. The van der Waals surface area contributed by atoms with Crippen LogP contribution in [0.2, 0.25) is 0 Å². The minimum absolute atomic E-state index is 0. The zero-order valence-corrected chi connectivity index (χ0v) is 14.7. The van der Waals surface area contributed by atoms with E-state index in [0.29, 0.717) is 19.7 Å². The lowest BCUT2D eigenvalue weighted by Gasteiger charge is -2.34. The summed E-state index contributed by atoms with van der Waals surface area (Å²) in [6, 6.07) is 10.5. The van der Waals surface area contributed by atoms with E-state index in [1.165, 1.54) is 5.56 Å². The molecule has 1 unspecified atom stereocenters. The summed E-state index contributed by atoms with van der Waals surface area (Å²) in [5, 5.41) is 0. The van der Waals surface area contributed by atoms with E-state index in [1.54, 1.807) is 0 Å². The third kappa shape index (κ3) is 5.33. The van der Waals surface area contributed by atoms with Crippen molar-refractivity contribution in [2.45, 2.75) is 25.1 Å². The van der Waals surface area contributed by atoms with Crippen LogP contribution in [0.15, 0.2) is 30.3 Å². The smallest absolute Gasteiger partial charge is 0.253 e. The Labute approximate surface area is 150 Å². The van der Waals surface area contributed by atoms with Crippen LogP contribution in [-0.2, 0) is 16.1 Å². The Morgan fingerprint density at radius 3 is 2.57 bits per heavy atom. The maximum atomic E-state index is 12.5. The number of nitrogens with two attached hydrogens (primary N) is 1. The molecule has 5 nitrogen and oxygen atoms in total. The Bertz CT molecular complexity index is 489. The molecule has 23 heavy (non-hydrogen) atoms. The van der Waals surface area contributed by atoms with Crippen LogP contribution in [0.25, 0.3) is 0 Å². The molecule has 2 atom stereocenters. The molecular formula is C16H25Cl2N3O2. The van der Waals surface area contributed by atoms with E-state index in [-0.39, 0.29) is 42.9 Å².